The van der Waals surface area contributed by atoms with Crippen LogP contribution in [0.25, 0.3) is 0 Å². The highest BCUT2D eigenvalue weighted by molar-refractivity contribution is 5.81. The lowest BCUT2D eigenvalue weighted by atomic mass is 10.1. The van der Waals surface area contributed by atoms with Crippen molar-refractivity contribution >= 4 is 5.78 Å². The topological polar surface area (TPSA) is 29.5 Å². The minimum absolute atomic E-state index is 0.0775. The lowest BCUT2D eigenvalue weighted by molar-refractivity contribution is -0.129. The first-order valence-corrected chi connectivity index (χ1v) is 3.70. The SMILES string of the molecule is COC(C(C)=O)C(C)N(C)C. The van der Waals surface area contributed by atoms with Gasteiger partial charge in [-0.15, -0.1) is 0 Å². The van der Waals surface area contributed by atoms with Crippen molar-refractivity contribution in [3.8, 4) is 0 Å². The number of rotatable bonds is 4. The molecule has 0 radical (unpaired) electrons. The molecule has 0 aromatic carbocycles. The Labute approximate surface area is 68.3 Å². The lowest BCUT2D eigenvalue weighted by Gasteiger charge is -2.25. The predicted octanol–water partition coefficient (Wildman–Crippen LogP) is 0.540. The molecule has 0 heterocycles. The van der Waals surface area contributed by atoms with Crippen LogP contribution in [-0.2, 0) is 9.53 Å². The molecule has 0 N–H and O–H groups in total. The Morgan fingerprint density at radius 1 is 1.45 bits per heavy atom. The number of carbonyl (C=O) groups is 1. The van der Waals surface area contributed by atoms with Crippen LogP contribution in [0.2, 0.25) is 0 Å². The van der Waals surface area contributed by atoms with Gasteiger partial charge in [-0.2, -0.15) is 0 Å². The Morgan fingerprint density at radius 2 is 1.91 bits per heavy atom. The van der Waals surface area contributed by atoms with Crippen molar-refractivity contribution < 1.29 is 9.53 Å². The molecular formula is C8H17NO2. The molecule has 2 atom stereocenters. The monoisotopic (exact) mass is 159 g/mol. The quantitative estimate of drug-likeness (QED) is 0.599. The molecule has 0 amide bonds. The van der Waals surface area contributed by atoms with E-state index in [2.05, 4.69) is 0 Å². The summed E-state index contributed by atoms with van der Waals surface area (Å²) in [5.41, 5.74) is 0. The first kappa shape index (κ1) is 10.6. The molecule has 0 saturated heterocycles. The van der Waals surface area contributed by atoms with E-state index in [0.29, 0.717) is 0 Å². The molecule has 3 heteroatoms. The fourth-order valence-corrected chi connectivity index (χ4v) is 0.973. The Bertz CT molecular complexity index is 134. The summed E-state index contributed by atoms with van der Waals surface area (Å²) >= 11 is 0. The van der Waals surface area contributed by atoms with Crippen molar-refractivity contribution in [1.29, 1.82) is 0 Å². The maximum Gasteiger partial charge on any atom is 0.160 e. The van der Waals surface area contributed by atoms with Crippen LogP contribution in [0, 0.1) is 0 Å². The molecule has 0 aromatic heterocycles. The maximum absolute atomic E-state index is 11.0. The van der Waals surface area contributed by atoms with E-state index in [1.807, 2.05) is 25.9 Å². The van der Waals surface area contributed by atoms with Gasteiger partial charge in [0.2, 0.25) is 0 Å². The zero-order chi connectivity index (χ0) is 9.02. The van der Waals surface area contributed by atoms with Crippen molar-refractivity contribution in [3.05, 3.63) is 0 Å². The normalized spacial score (nSPS) is 16.5. The third-order valence-electron chi connectivity index (χ3n) is 1.91. The molecule has 0 aliphatic rings. The van der Waals surface area contributed by atoms with Gasteiger partial charge in [-0.1, -0.05) is 0 Å². The van der Waals surface area contributed by atoms with E-state index in [0.717, 1.165) is 0 Å². The van der Waals surface area contributed by atoms with Crippen LogP contribution in [-0.4, -0.2) is 44.0 Å². The smallest absolute Gasteiger partial charge is 0.160 e. The van der Waals surface area contributed by atoms with Gasteiger partial charge < -0.3 is 9.64 Å². The fraction of sp³-hybridized carbons (Fsp3) is 0.875. The predicted molar refractivity (Wildman–Crippen MR) is 44.6 cm³/mol. The highest BCUT2D eigenvalue weighted by Gasteiger charge is 2.22. The molecule has 0 aromatic rings. The highest BCUT2D eigenvalue weighted by Crippen LogP contribution is 2.04. The van der Waals surface area contributed by atoms with Gasteiger partial charge >= 0.3 is 0 Å². The minimum Gasteiger partial charge on any atom is -0.372 e. The Hall–Kier alpha value is -0.410. The summed E-state index contributed by atoms with van der Waals surface area (Å²) in [4.78, 5) is 12.9. The minimum atomic E-state index is -0.301. The summed E-state index contributed by atoms with van der Waals surface area (Å²) in [6.45, 7) is 3.52. The molecule has 0 bridgehead atoms. The molecule has 11 heavy (non-hydrogen) atoms. The van der Waals surface area contributed by atoms with Gasteiger partial charge in [0.1, 0.15) is 6.10 Å². The average molecular weight is 159 g/mol. The van der Waals surface area contributed by atoms with E-state index in [4.69, 9.17) is 4.74 Å². The van der Waals surface area contributed by atoms with Crippen molar-refractivity contribution in [2.75, 3.05) is 21.2 Å². The summed E-state index contributed by atoms with van der Waals surface area (Å²) in [5, 5.41) is 0. The Morgan fingerprint density at radius 3 is 2.00 bits per heavy atom. The first-order valence-electron chi connectivity index (χ1n) is 3.70. The molecule has 0 aliphatic heterocycles. The Balaban J connectivity index is 4.14. The van der Waals surface area contributed by atoms with Crippen LogP contribution < -0.4 is 0 Å². The van der Waals surface area contributed by atoms with Crippen molar-refractivity contribution in [1.82, 2.24) is 4.90 Å². The third-order valence-corrected chi connectivity index (χ3v) is 1.91. The Kier molecular flexibility index (Phi) is 4.30. The standard InChI is InChI=1S/C8H17NO2/c1-6(9(3)4)8(11-5)7(2)10/h6,8H,1-5H3. The number of ketones is 1. The van der Waals surface area contributed by atoms with E-state index in [9.17, 15) is 4.79 Å². The lowest BCUT2D eigenvalue weighted by Crippen LogP contribution is -2.41. The fourth-order valence-electron chi connectivity index (χ4n) is 0.973. The third kappa shape index (κ3) is 2.99. The number of likely N-dealkylation sites (N-methyl/N-ethyl adjacent to an activating group) is 1. The number of hydrogen-bond acceptors (Lipinski definition) is 3. The molecule has 3 nitrogen and oxygen atoms in total. The number of nitrogens with zero attached hydrogens (tertiary/aromatic N) is 1. The zero-order valence-electron chi connectivity index (χ0n) is 7.92. The first-order chi connectivity index (χ1) is 5.00. The van der Waals surface area contributed by atoms with E-state index in [-0.39, 0.29) is 17.9 Å². The van der Waals surface area contributed by atoms with Crippen molar-refractivity contribution in [3.63, 3.8) is 0 Å². The van der Waals surface area contributed by atoms with Gasteiger partial charge in [0.15, 0.2) is 5.78 Å². The molecule has 66 valence electrons. The highest BCUT2D eigenvalue weighted by atomic mass is 16.5. The van der Waals surface area contributed by atoms with Crippen LogP contribution in [0.15, 0.2) is 0 Å². The van der Waals surface area contributed by atoms with Crippen LogP contribution in [0.1, 0.15) is 13.8 Å². The summed E-state index contributed by atoms with van der Waals surface area (Å²) in [6, 6.07) is 0.137. The molecule has 0 fully saturated rings. The summed E-state index contributed by atoms with van der Waals surface area (Å²) in [5.74, 6) is 0.0775. The van der Waals surface area contributed by atoms with E-state index in [1.165, 1.54) is 0 Å². The van der Waals surface area contributed by atoms with Crippen LogP contribution in [0.3, 0.4) is 0 Å². The van der Waals surface area contributed by atoms with E-state index >= 15 is 0 Å². The molecular weight excluding hydrogens is 142 g/mol. The maximum atomic E-state index is 11.0. The van der Waals surface area contributed by atoms with Crippen LogP contribution in [0.5, 0.6) is 0 Å². The van der Waals surface area contributed by atoms with Gasteiger partial charge in [-0.25, -0.2) is 0 Å². The molecule has 0 aliphatic carbocycles. The van der Waals surface area contributed by atoms with Gasteiger partial charge in [0, 0.05) is 13.2 Å². The number of hydrogen-bond donors (Lipinski definition) is 0. The average Bonchev–Trinajstić information content (AvgIpc) is 1.88. The van der Waals surface area contributed by atoms with Gasteiger partial charge in [0.25, 0.3) is 0 Å². The number of Topliss-reactive ketones (excluding diaryl/α,β-unsaturated/α-hetero) is 1. The van der Waals surface area contributed by atoms with E-state index in [1.54, 1.807) is 14.0 Å². The molecule has 0 spiro atoms. The number of ether oxygens (including phenoxy) is 1. The molecule has 2 unspecified atom stereocenters. The van der Waals surface area contributed by atoms with Crippen LogP contribution in [0.4, 0.5) is 0 Å². The van der Waals surface area contributed by atoms with Gasteiger partial charge in [0.05, 0.1) is 0 Å². The van der Waals surface area contributed by atoms with Gasteiger partial charge in [-0.3, -0.25) is 4.79 Å². The van der Waals surface area contributed by atoms with Crippen molar-refractivity contribution in [2.45, 2.75) is 26.0 Å². The zero-order valence-corrected chi connectivity index (χ0v) is 7.92. The van der Waals surface area contributed by atoms with E-state index < -0.39 is 0 Å². The number of carbonyl (C=O) groups excluding carboxylic acids is 1. The summed E-state index contributed by atoms with van der Waals surface area (Å²) in [6.07, 6.45) is -0.301. The van der Waals surface area contributed by atoms with Crippen molar-refractivity contribution in [2.24, 2.45) is 0 Å². The summed E-state index contributed by atoms with van der Waals surface area (Å²) in [7, 11) is 5.42. The van der Waals surface area contributed by atoms with Crippen LogP contribution >= 0.6 is 0 Å². The molecule has 0 rings (SSSR count). The number of methoxy groups -OCH3 is 1. The van der Waals surface area contributed by atoms with Gasteiger partial charge in [-0.05, 0) is 27.9 Å². The largest absolute Gasteiger partial charge is 0.372 e. The second kappa shape index (κ2) is 4.46. The second-order valence-corrected chi connectivity index (χ2v) is 2.97. The molecule has 0 saturated carbocycles. The summed E-state index contributed by atoms with van der Waals surface area (Å²) < 4.78 is 5.04. The second-order valence-electron chi connectivity index (χ2n) is 2.97.